The second kappa shape index (κ2) is 5.78. The molecule has 1 atom stereocenters. The van der Waals surface area contributed by atoms with Gasteiger partial charge in [-0.05, 0) is 37.1 Å². The van der Waals surface area contributed by atoms with Crippen molar-refractivity contribution >= 4 is 0 Å². The topological polar surface area (TPSA) is 53.8 Å². The zero-order chi connectivity index (χ0) is 9.52. The number of hydrogen-bond donors (Lipinski definition) is 3. The molecule has 1 aromatic heterocycles. The highest BCUT2D eigenvalue weighted by Gasteiger charge is 1.99. The quantitative estimate of drug-likeness (QED) is 0.615. The van der Waals surface area contributed by atoms with Crippen LogP contribution in [0, 0.1) is 5.92 Å². The normalized spacial score (nSPS) is 13.1. The van der Waals surface area contributed by atoms with Crippen molar-refractivity contribution in [2.75, 3.05) is 13.1 Å². The van der Waals surface area contributed by atoms with E-state index < -0.39 is 0 Å². The van der Waals surface area contributed by atoms with E-state index in [4.69, 9.17) is 5.73 Å². The van der Waals surface area contributed by atoms with E-state index in [0.717, 1.165) is 26.1 Å². The zero-order valence-electron chi connectivity index (χ0n) is 8.22. The van der Waals surface area contributed by atoms with Crippen molar-refractivity contribution in [2.24, 2.45) is 11.7 Å². The van der Waals surface area contributed by atoms with Crippen molar-refractivity contribution in [3.05, 3.63) is 24.0 Å². The molecule has 1 aromatic rings. The number of nitrogens with two attached hydrogens (primary N) is 1. The van der Waals surface area contributed by atoms with Crippen LogP contribution in [0.25, 0.3) is 0 Å². The summed E-state index contributed by atoms with van der Waals surface area (Å²) in [5.74, 6) is 0.670. The van der Waals surface area contributed by atoms with Crippen LogP contribution in [-0.4, -0.2) is 18.1 Å². The molecule has 1 unspecified atom stereocenters. The Labute approximate surface area is 79.7 Å². The Morgan fingerprint density at radius 1 is 1.62 bits per heavy atom. The van der Waals surface area contributed by atoms with Gasteiger partial charge < -0.3 is 16.0 Å². The second-order valence-corrected chi connectivity index (χ2v) is 3.53. The maximum atomic E-state index is 5.46. The summed E-state index contributed by atoms with van der Waals surface area (Å²) in [7, 11) is 0. The van der Waals surface area contributed by atoms with Gasteiger partial charge in [-0.2, -0.15) is 0 Å². The van der Waals surface area contributed by atoms with Crippen molar-refractivity contribution in [2.45, 2.75) is 19.9 Å². The SMILES string of the molecule is CC(CCN)CNCc1cc[nH]c1. The van der Waals surface area contributed by atoms with Crippen molar-refractivity contribution < 1.29 is 0 Å². The molecule has 3 nitrogen and oxygen atoms in total. The molecule has 0 fully saturated rings. The van der Waals surface area contributed by atoms with E-state index >= 15 is 0 Å². The molecule has 0 aliphatic rings. The fourth-order valence-electron chi connectivity index (χ4n) is 1.32. The van der Waals surface area contributed by atoms with Gasteiger partial charge in [0.15, 0.2) is 0 Å². The van der Waals surface area contributed by atoms with Crippen molar-refractivity contribution in [3.63, 3.8) is 0 Å². The number of nitrogens with one attached hydrogen (secondary N) is 2. The molecule has 4 N–H and O–H groups in total. The van der Waals surface area contributed by atoms with Gasteiger partial charge in [0.25, 0.3) is 0 Å². The van der Waals surface area contributed by atoms with Crippen LogP contribution in [0.3, 0.4) is 0 Å². The van der Waals surface area contributed by atoms with Crippen LogP contribution >= 0.6 is 0 Å². The summed E-state index contributed by atoms with van der Waals surface area (Å²) in [4.78, 5) is 3.03. The molecular formula is C10H19N3. The molecule has 13 heavy (non-hydrogen) atoms. The van der Waals surface area contributed by atoms with Crippen LogP contribution in [0.1, 0.15) is 18.9 Å². The van der Waals surface area contributed by atoms with Gasteiger partial charge in [0, 0.05) is 18.9 Å². The van der Waals surface area contributed by atoms with Crippen LogP contribution in [0.5, 0.6) is 0 Å². The van der Waals surface area contributed by atoms with Crippen LogP contribution in [0.2, 0.25) is 0 Å². The van der Waals surface area contributed by atoms with Gasteiger partial charge in [-0.1, -0.05) is 6.92 Å². The Morgan fingerprint density at radius 3 is 3.08 bits per heavy atom. The lowest BCUT2D eigenvalue weighted by atomic mass is 10.1. The third kappa shape index (κ3) is 4.10. The average Bonchev–Trinajstić information content (AvgIpc) is 2.57. The van der Waals surface area contributed by atoms with E-state index in [0.29, 0.717) is 5.92 Å². The standard InChI is InChI=1S/C10H19N3/c1-9(2-4-11)6-13-8-10-3-5-12-7-10/h3,5,7,9,12-13H,2,4,6,8,11H2,1H3. The molecule has 0 amide bonds. The van der Waals surface area contributed by atoms with Crippen molar-refractivity contribution in [1.82, 2.24) is 10.3 Å². The van der Waals surface area contributed by atoms with E-state index in [1.165, 1.54) is 5.56 Å². The van der Waals surface area contributed by atoms with Gasteiger partial charge in [-0.3, -0.25) is 0 Å². The molecule has 0 radical (unpaired) electrons. The molecule has 0 saturated carbocycles. The van der Waals surface area contributed by atoms with E-state index in [9.17, 15) is 0 Å². The molecule has 74 valence electrons. The molecule has 1 rings (SSSR count). The summed E-state index contributed by atoms with van der Waals surface area (Å²) in [5.41, 5.74) is 6.77. The van der Waals surface area contributed by atoms with Gasteiger partial charge >= 0.3 is 0 Å². The maximum Gasteiger partial charge on any atom is 0.0220 e. The summed E-state index contributed by atoms with van der Waals surface area (Å²) in [6, 6.07) is 2.08. The monoisotopic (exact) mass is 181 g/mol. The number of aromatic nitrogens is 1. The van der Waals surface area contributed by atoms with Crippen molar-refractivity contribution in [1.29, 1.82) is 0 Å². The summed E-state index contributed by atoms with van der Waals surface area (Å²) < 4.78 is 0. The molecule has 0 aliphatic carbocycles. The van der Waals surface area contributed by atoms with Gasteiger partial charge in [-0.15, -0.1) is 0 Å². The molecular weight excluding hydrogens is 162 g/mol. The summed E-state index contributed by atoms with van der Waals surface area (Å²) in [5, 5.41) is 3.40. The van der Waals surface area contributed by atoms with E-state index in [1.54, 1.807) is 0 Å². The lowest BCUT2D eigenvalue weighted by molar-refractivity contribution is 0.487. The van der Waals surface area contributed by atoms with Gasteiger partial charge in [-0.25, -0.2) is 0 Å². The third-order valence-electron chi connectivity index (χ3n) is 2.14. The Hall–Kier alpha value is -0.800. The van der Waals surface area contributed by atoms with Crippen LogP contribution in [-0.2, 0) is 6.54 Å². The highest BCUT2D eigenvalue weighted by atomic mass is 14.9. The molecule has 0 aromatic carbocycles. The first-order valence-corrected chi connectivity index (χ1v) is 4.85. The second-order valence-electron chi connectivity index (χ2n) is 3.53. The molecule has 1 heterocycles. The average molecular weight is 181 g/mol. The first-order valence-electron chi connectivity index (χ1n) is 4.85. The molecule has 0 aliphatic heterocycles. The summed E-state index contributed by atoms with van der Waals surface area (Å²) in [6.07, 6.45) is 5.06. The number of hydrogen-bond acceptors (Lipinski definition) is 2. The van der Waals surface area contributed by atoms with Crippen LogP contribution in [0.4, 0.5) is 0 Å². The van der Waals surface area contributed by atoms with Gasteiger partial charge in [0.05, 0.1) is 0 Å². The molecule has 0 bridgehead atoms. The predicted octanol–water partition coefficient (Wildman–Crippen LogP) is 1.09. The Kier molecular flexibility index (Phi) is 4.57. The van der Waals surface area contributed by atoms with Crippen molar-refractivity contribution in [3.8, 4) is 0 Å². The van der Waals surface area contributed by atoms with E-state index in [1.807, 2.05) is 12.4 Å². The van der Waals surface area contributed by atoms with Crippen LogP contribution in [0.15, 0.2) is 18.5 Å². The smallest absolute Gasteiger partial charge is 0.0220 e. The van der Waals surface area contributed by atoms with Crippen LogP contribution < -0.4 is 11.1 Å². The summed E-state index contributed by atoms with van der Waals surface area (Å²) >= 11 is 0. The number of rotatable bonds is 6. The number of H-pyrrole nitrogens is 1. The highest BCUT2D eigenvalue weighted by Crippen LogP contribution is 1.99. The highest BCUT2D eigenvalue weighted by molar-refractivity contribution is 5.07. The minimum atomic E-state index is 0.670. The van der Waals surface area contributed by atoms with Gasteiger partial charge in [0.1, 0.15) is 0 Å². The maximum absolute atomic E-state index is 5.46. The predicted molar refractivity (Wildman–Crippen MR) is 55.3 cm³/mol. The molecule has 3 heteroatoms. The van der Waals surface area contributed by atoms with E-state index in [2.05, 4.69) is 23.3 Å². The summed E-state index contributed by atoms with van der Waals surface area (Å²) in [6.45, 7) is 4.99. The third-order valence-corrected chi connectivity index (χ3v) is 2.14. The lowest BCUT2D eigenvalue weighted by Crippen LogP contribution is -2.22. The Balaban J connectivity index is 2.07. The first kappa shape index (κ1) is 10.3. The Morgan fingerprint density at radius 2 is 2.46 bits per heavy atom. The Bertz CT molecular complexity index is 206. The zero-order valence-corrected chi connectivity index (χ0v) is 8.22. The number of aromatic amines is 1. The molecule has 0 spiro atoms. The molecule has 0 saturated heterocycles. The lowest BCUT2D eigenvalue weighted by Gasteiger charge is -2.10. The first-order chi connectivity index (χ1) is 6.33. The van der Waals surface area contributed by atoms with Gasteiger partial charge in [0.2, 0.25) is 0 Å². The fraction of sp³-hybridized carbons (Fsp3) is 0.600. The minimum Gasteiger partial charge on any atom is -0.367 e. The largest absolute Gasteiger partial charge is 0.367 e. The minimum absolute atomic E-state index is 0.670. The fourth-order valence-corrected chi connectivity index (χ4v) is 1.32. The van der Waals surface area contributed by atoms with E-state index in [-0.39, 0.29) is 0 Å².